The maximum absolute atomic E-state index is 6.05. The minimum absolute atomic E-state index is 0.520. The Bertz CT molecular complexity index is 417. The lowest BCUT2D eigenvalue weighted by Gasteiger charge is -2.19. The van der Waals surface area contributed by atoms with Gasteiger partial charge in [-0.1, -0.05) is 17.7 Å². The van der Waals surface area contributed by atoms with Crippen molar-refractivity contribution < 1.29 is 4.74 Å². The van der Waals surface area contributed by atoms with Crippen molar-refractivity contribution in [3.63, 3.8) is 0 Å². The van der Waals surface area contributed by atoms with Crippen molar-refractivity contribution >= 4 is 17.6 Å². The average Bonchev–Trinajstić information content (AvgIpc) is 2.38. The van der Waals surface area contributed by atoms with Gasteiger partial charge in [0.05, 0.1) is 18.7 Å². The van der Waals surface area contributed by atoms with Crippen LogP contribution in [0.2, 0.25) is 5.02 Å². The number of nitrogens with two attached hydrogens (primary N) is 1. The summed E-state index contributed by atoms with van der Waals surface area (Å²) in [4.78, 5) is 6.36. The molecule has 2 N–H and O–H groups in total. The lowest BCUT2D eigenvalue weighted by atomic mass is 10.2. The van der Waals surface area contributed by atoms with E-state index >= 15 is 0 Å². The summed E-state index contributed by atoms with van der Waals surface area (Å²) >= 11 is 6.05. The Labute approximate surface area is 113 Å². The van der Waals surface area contributed by atoms with Gasteiger partial charge >= 0.3 is 0 Å². The third kappa shape index (κ3) is 3.81. The summed E-state index contributed by atoms with van der Waals surface area (Å²) in [5.41, 5.74) is 6.91. The highest BCUT2D eigenvalue weighted by molar-refractivity contribution is 6.32. The molecule has 0 unspecified atom stereocenters. The summed E-state index contributed by atoms with van der Waals surface area (Å²) in [5.74, 6) is 1.23. The van der Waals surface area contributed by atoms with E-state index in [4.69, 9.17) is 22.1 Å². The molecule has 0 heterocycles. The van der Waals surface area contributed by atoms with Crippen molar-refractivity contribution in [2.45, 2.75) is 20.4 Å². The maximum atomic E-state index is 6.05. The van der Waals surface area contributed by atoms with Crippen LogP contribution in [0.25, 0.3) is 0 Å². The number of rotatable bonds is 5. The standard InChI is InChI=1S/C13H20ClN3O/c1-4-17(5-2)13(15)16-9-10-6-7-12(18-3)11(14)8-10/h6-8H,4-5,9H2,1-3H3,(H2,15,16). The first-order valence-corrected chi connectivity index (χ1v) is 6.37. The number of aliphatic imine (C=N–C) groups is 1. The Kier molecular flexibility index (Phi) is 5.78. The molecule has 100 valence electrons. The zero-order valence-electron chi connectivity index (χ0n) is 11.1. The molecule has 0 aliphatic rings. The Hall–Kier alpha value is -1.42. The molecule has 0 aromatic heterocycles. The molecule has 4 nitrogen and oxygen atoms in total. The van der Waals surface area contributed by atoms with Gasteiger partial charge in [-0.05, 0) is 31.5 Å². The molecule has 1 aromatic carbocycles. The minimum atomic E-state index is 0.520. The summed E-state index contributed by atoms with van der Waals surface area (Å²) in [6, 6.07) is 5.61. The highest BCUT2D eigenvalue weighted by Gasteiger charge is 2.04. The zero-order chi connectivity index (χ0) is 13.5. The highest BCUT2D eigenvalue weighted by Crippen LogP contribution is 2.25. The Morgan fingerprint density at radius 2 is 2.06 bits per heavy atom. The molecule has 1 aromatic rings. The van der Waals surface area contributed by atoms with Gasteiger partial charge in [0, 0.05) is 13.1 Å². The van der Waals surface area contributed by atoms with Crippen molar-refractivity contribution in [1.82, 2.24) is 4.90 Å². The molecule has 5 heteroatoms. The van der Waals surface area contributed by atoms with E-state index in [1.807, 2.05) is 23.1 Å². The van der Waals surface area contributed by atoms with Gasteiger partial charge in [0.15, 0.2) is 5.96 Å². The van der Waals surface area contributed by atoms with E-state index < -0.39 is 0 Å². The third-order valence-electron chi connectivity index (χ3n) is 2.73. The number of nitrogens with zero attached hydrogens (tertiary/aromatic N) is 2. The molecule has 0 saturated heterocycles. The largest absolute Gasteiger partial charge is 0.495 e. The summed E-state index contributed by atoms with van der Waals surface area (Å²) < 4.78 is 5.10. The summed E-state index contributed by atoms with van der Waals surface area (Å²) in [7, 11) is 1.59. The molecule has 0 atom stereocenters. The Balaban J connectivity index is 2.73. The second-order valence-corrected chi connectivity index (χ2v) is 4.22. The van der Waals surface area contributed by atoms with Gasteiger partial charge in [0.1, 0.15) is 5.75 Å². The minimum Gasteiger partial charge on any atom is -0.495 e. The Morgan fingerprint density at radius 3 is 2.56 bits per heavy atom. The number of halogens is 1. The number of guanidine groups is 1. The zero-order valence-corrected chi connectivity index (χ0v) is 11.9. The lowest BCUT2D eigenvalue weighted by molar-refractivity contribution is 0.415. The van der Waals surface area contributed by atoms with Gasteiger partial charge in [-0.25, -0.2) is 4.99 Å². The molecule has 0 aliphatic heterocycles. The molecule has 0 saturated carbocycles. The van der Waals surface area contributed by atoms with Crippen LogP contribution in [-0.4, -0.2) is 31.1 Å². The maximum Gasteiger partial charge on any atom is 0.191 e. The first kappa shape index (κ1) is 14.6. The van der Waals surface area contributed by atoms with Gasteiger partial charge in [-0.2, -0.15) is 0 Å². The van der Waals surface area contributed by atoms with Crippen molar-refractivity contribution in [1.29, 1.82) is 0 Å². The van der Waals surface area contributed by atoms with Crippen molar-refractivity contribution in [2.24, 2.45) is 10.7 Å². The van der Waals surface area contributed by atoms with E-state index in [1.165, 1.54) is 0 Å². The van der Waals surface area contributed by atoms with Crippen molar-refractivity contribution in [3.8, 4) is 5.75 Å². The smallest absolute Gasteiger partial charge is 0.191 e. The molecular formula is C13H20ClN3O. The van der Waals surface area contributed by atoms with E-state index in [0.717, 1.165) is 18.7 Å². The predicted molar refractivity (Wildman–Crippen MR) is 76.3 cm³/mol. The topological polar surface area (TPSA) is 50.8 Å². The first-order valence-electron chi connectivity index (χ1n) is 5.99. The molecule has 0 aliphatic carbocycles. The van der Waals surface area contributed by atoms with Crippen LogP contribution in [0.3, 0.4) is 0 Å². The van der Waals surface area contributed by atoms with Crippen LogP contribution in [0.1, 0.15) is 19.4 Å². The molecule has 0 radical (unpaired) electrons. The monoisotopic (exact) mass is 269 g/mol. The summed E-state index contributed by atoms with van der Waals surface area (Å²) in [6.07, 6.45) is 0. The van der Waals surface area contributed by atoms with Crippen LogP contribution in [0, 0.1) is 0 Å². The van der Waals surface area contributed by atoms with E-state index in [1.54, 1.807) is 7.11 Å². The quantitative estimate of drug-likeness (QED) is 0.660. The van der Waals surface area contributed by atoms with Crippen LogP contribution in [-0.2, 0) is 6.54 Å². The Morgan fingerprint density at radius 1 is 1.39 bits per heavy atom. The number of hydrogen-bond acceptors (Lipinski definition) is 2. The molecule has 1 rings (SSSR count). The fourth-order valence-corrected chi connectivity index (χ4v) is 1.91. The third-order valence-corrected chi connectivity index (χ3v) is 3.02. The van der Waals surface area contributed by atoms with Crippen LogP contribution < -0.4 is 10.5 Å². The van der Waals surface area contributed by atoms with E-state index in [0.29, 0.717) is 23.3 Å². The molecule has 0 bridgehead atoms. The summed E-state index contributed by atoms with van der Waals surface area (Å²) in [6.45, 7) is 6.34. The fourth-order valence-electron chi connectivity index (χ4n) is 1.63. The van der Waals surface area contributed by atoms with Crippen molar-refractivity contribution in [3.05, 3.63) is 28.8 Å². The molecule has 0 fully saturated rings. The second-order valence-electron chi connectivity index (χ2n) is 3.82. The molecule has 0 spiro atoms. The molecular weight excluding hydrogens is 250 g/mol. The number of benzene rings is 1. The van der Waals surface area contributed by atoms with Gasteiger partial charge in [0.2, 0.25) is 0 Å². The number of ether oxygens (including phenoxy) is 1. The van der Waals surface area contributed by atoms with Crippen LogP contribution in [0.15, 0.2) is 23.2 Å². The molecule has 18 heavy (non-hydrogen) atoms. The van der Waals surface area contributed by atoms with Gasteiger partial charge in [0.25, 0.3) is 0 Å². The van der Waals surface area contributed by atoms with Crippen LogP contribution >= 0.6 is 11.6 Å². The predicted octanol–water partition coefficient (Wildman–Crippen LogP) is 2.51. The van der Waals surface area contributed by atoms with E-state index in [2.05, 4.69) is 18.8 Å². The van der Waals surface area contributed by atoms with E-state index in [9.17, 15) is 0 Å². The lowest BCUT2D eigenvalue weighted by Crippen LogP contribution is -2.37. The van der Waals surface area contributed by atoms with E-state index in [-0.39, 0.29) is 0 Å². The number of hydrogen-bond donors (Lipinski definition) is 1. The SMILES string of the molecule is CCN(CC)C(N)=NCc1ccc(OC)c(Cl)c1. The first-order chi connectivity index (χ1) is 8.62. The average molecular weight is 270 g/mol. The molecule has 0 amide bonds. The van der Waals surface area contributed by atoms with Gasteiger partial charge in [-0.15, -0.1) is 0 Å². The fraction of sp³-hybridized carbons (Fsp3) is 0.462. The summed E-state index contributed by atoms with van der Waals surface area (Å²) in [5, 5.41) is 0.589. The second kappa shape index (κ2) is 7.11. The number of methoxy groups -OCH3 is 1. The van der Waals surface area contributed by atoms with Crippen molar-refractivity contribution in [2.75, 3.05) is 20.2 Å². The van der Waals surface area contributed by atoms with Gasteiger partial charge in [-0.3, -0.25) is 0 Å². The van der Waals surface area contributed by atoms with Crippen LogP contribution in [0.4, 0.5) is 0 Å². The van der Waals surface area contributed by atoms with Crippen LogP contribution in [0.5, 0.6) is 5.75 Å². The normalized spacial score (nSPS) is 11.4. The highest BCUT2D eigenvalue weighted by atomic mass is 35.5. The van der Waals surface area contributed by atoms with Gasteiger partial charge < -0.3 is 15.4 Å².